The Balaban J connectivity index is 2.95. The summed E-state index contributed by atoms with van der Waals surface area (Å²) < 4.78 is 12.9. The van der Waals surface area contributed by atoms with Crippen LogP contribution in [0.2, 0.25) is 0 Å². The summed E-state index contributed by atoms with van der Waals surface area (Å²) in [4.78, 5) is 0. The molecule has 2 atom stereocenters. The van der Waals surface area contributed by atoms with Crippen LogP contribution in [0.1, 0.15) is 37.4 Å². The minimum absolute atomic E-state index is 0.0144. The first-order valence-electron chi connectivity index (χ1n) is 5.08. The third-order valence-corrected chi connectivity index (χ3v) is 2.85. The topological polar surface area (TPSA) is 26.0 Å². The van der Waals surface area contributed by atoms with Gasteiger partial charge in [0.2, 0.25) is 0 Å². The van der Waals surface area contributed by atoms with Crippen molar-refractivity contribution in [1.29, 1.82) is 0 Å². The van der Waals surface area contributed by atoms with E-state index in [1.807, 2.05) is 6.92 Å². The van der Waals surface area contributed by atoms with Gasteiger partial charge < -0.3 is 5.73 Å². The molecule has 0 radical (unpaired) electrons. The normalized spacial score (nSPS) is 15.2. The lowest BCUT2D eigenvalue weighted by Gasteiger charge is -2.20. The van der Waals surface area contributed by atoms with Gasteiger partial charge in [0.25, 0.3) is 0 Å². The van der Waals surface area contributed by atoms with E-state index in [1.54, 1.807) is 6.07 Å². The molecule has 0 aliphatic rings. The first kappa shape index (κ1) is 11.2. The van der Waals surface area contributed by atoms with Crippen molar-refractivity contribution in [1.82, 2.24) is 0 Å². The van der Waals surface area contributed by atoms with Crippen LogP contribution >= 0.6 is 0 Å². The Bertz CT molecular complexity index is 309. The van der Waals surface area contributed by atoms with Crippen molar-refractivity contribution in [2.75, 3.05) is 0 Å². The molecule has 1 unspecified atom stereocenters. The minimum atomic E-state index is -0.192. The average Bonchev–Trinajstić information content (AvgIpc) is 2.15. The molecule has 1 aromatic carbocycles. The molecule has 78 valence electrons. The highest BCUT2D eigenvalue weighted by molar-refractivity contribution is 5.29. The predicted molar refractivity (Wildman–Crippen MR) is 57.5 cm³/mol. The molecule has 0 aliphatic heterocycles. The van der Waals surface area contributed by atoms with Gasteiger partial charge in [0.05, 0.1) is 0 Å². The van der Waals surface area contributed by atoms with Crippen molar-refractivity contribution < 1.29 is 4.39 Å². The Labute approximate surface area is 85.1 Å². The third-order valence-electron chi connectivity index (χ3n) is 2.85. The number of aryl methyl sites for hydroxylation is 1. The number of nitrogens with two attached hydrogens (primary N) is 1. The monoisotopic (exact) mass is 195 g/mol. The summed E-state index contributed by atoms with van der Waals surface area (Å²) in [5.74, 6) is 0.238. The van der Waals surface area contributed by atoms with Crippen LogP contribution in [0.25, 0.3) is 0 Å². The maximum atomic E-state index is 12.9. The maximum Gasteiger partial charge on any atom is 0.123 e. The SMILES string of the molecule is CCC(C)[C@H](N)c1ccc(F)cc1C. The van der Waals surface area contributed by atoms with Crippen LogP contribution in [0.3, 0.4) is 0 Å². The molecule has 0 amide bonds. The lowest BCUT2D eigenvalue weighted by atomic mass is 9.91. The number of halogens is 1. The molecule has 0 bridgehead atoms. The predicted octanol–water partition coefficient (Wildman–Crippen LogP) is 3.18. The highest BCUT2D eigenvalue weighted by atomic mass is 19.1. The van der Waals surface area contributed by atoms with Crippen LogP contribution in [-0.4, -0.2) is 0 Å². The molecule has 1 rings (SSSR count). The van der Waals surface area contributed by atoms with Crippen molar-refractivity contribution in [3.63, 3.8) is 0 Å². The van der Waals surface area contributed by atoms with Gasteiger partial charge in [-0.15, -0.1) is 0 Å². The van der Waals surface area contributed by atoms with Gasteiger partial charge in [-0.2, -0.15) is 0 Å². The second-order valence-electron chi connectivity index (χ2n) is 3.91. The van der Waals surface area contributed by atoms with Gasteiger partial charge in [-0.25, -0.2) is 4.39 Å². The van der Waals surface area contributed by atoms with Crippen molar-refractivity contribution in [2.24, 2.45) is 11.7 Å². The van der Waals surface area contributed by atoms with E-state index in [9.17, 15) is 4.39 Å². The van der Waals surface area contributed by atoms with Crippen molar-refractivity contribution >= 4 is 0 Å². The smallest absolute Gasteiger partial charge is 0.123 e. The van der Waals surface area contributed by atoms with E-state index in [1.165, 1.54) is 12.1 Å². The largest absolute Gasteiger partial charge is 0.324 e. The fraction of sp³-hybridized carbons (Fsp3) is 0.500. The van der Waals surface area contributed by atoms with E-state index in [0.29, 0.717) is 5.92 Å². The van der Waals surface area contributed by atoms with Gasteiger partial charge in [0.1, 0.15) is 5.82 Å². The molecule has 2 heteroatoms. The van der Waals surface area contributed by atoms with Crippen LogP contribution in [-0.2, 0) is 0 Å². The Morgan fingerprint density at radius 3 is 2.57 bits per heavy atom. The number of hydrogen-bond donors (Lipinski definition) is 1. The second kappa shape index (κ2) is 4.56. The van der Waals surface area contributed by atoms with Crippen LogP contribution < -0.4 is 5.73 Å². The van der Waals surface area contributed by atoms with E-state index in [0.717, 1.165) is 17.5 Å². The molecule has 2 N–H and O–H groups in total. The van der Waals surface area contributed by atoms with Crippen molar-refractivity contribution in [3.8, 4) is 0 Å². The molecule has 0 saturated carbocycles. The Morgan fingerprint density at radius 1 is 1.43 bits per heavy atom. The number of hydrogen-bond acceptors (Lipinski definition) is 1. The summed E-state index contributed by atoms with van der Waals surface area (Å²) in [5.41, 5.74) is 8.08. The van der Waals surface area contributed by atoms with E-state index < -0.39 is 0 Å². The Hall–Kier alpha value is -0.890. The fourth-order valence-electron chi connectivity index (χ4n) is 1.57. The molecule has 0 heterocycles. The second-order valence-corrected chi connectivity index (χ2v) is 3.91. The van der Waals surface area contributed by atoms with Gasteiger partial charge in [-0.3, -0.25) is 0 Å². The summed E-state index contributed by atoms with van der Waals surface area (Å²) in [5, 5.41) is 0. The van der Waals surface area contributed by atoms with Gasteiger partial charge in [0.15, 0.2) is 0 Å². The number of benzene rings is 1. The summed E-state index contributed by atoms with van der Waals surface area (Å²) in [6.07, 6.45) is 1.04. The first-order chi connectivity index (χ1) is 6.56. The lowest BCUT2D eigenvalue weighted by molar-refractivity contribution is 0.454. The zero-order chi connectivity index (χ0) is 10.7. The maximum absolute atomic E-state index is 12.9. The van der Waals surface area contributed by atoms with Crippen molar-refractivity contribution in [3.05, 3.63) is 35.1 Å². The van der Waals surface area contributed by atoms with Gasteiger partial charge in [0, 0.05) is 6.04 Å². The minimum Gasteiger partial charge on any atom is -0.324 e. The van der Waals surface area contributed by atoms with Crippen LogP contribution in [0, 0.1) is 18.7 Å². The quantitative estimate of drug-likeness (QED) is 0.787. The van der Waals surface area contributed by atoms with E-state index in [-0.39, 0.29) is 11.9 Å². The summed E-state index contributed by atoms with van der Waals surface area (Å²) in [7, 11) is 0. The molecule has 0 aromatic heterocycles. The molecular formula is C12H18FN. The van der Waals surface area contributed by atoms with Gasteiger partial charge in [-0.05, 0) is 36.1 Å². The Kier molecular flexibility index (Phi) is 3.64. The van der Waals surface area contributed by atoms with E-state index in [2.05, 4.69) is 13.8 Å². The fourth-order valence-corrected chi connectivity index (χ4v) is 1.57. The third kappa shape index (κ3) is 2.32. The molecule has 0 aliphatic carbocycles. The van der Waals surface area contributed by atoms with Crippen molar-refractivity contribution in [2.45, 2.75) is 33.2 Å². The van der Waals surface area contributed by atoms with Crippen LogP contribution in [0.15, 0.2) is 18.2 Å². The molecule has 0 fully saturated rings. The summed E-state index contributed by atoms with van der Waals surface area (Å²) in [6, 6.07) is 4.82. The van der Waals surface area contributed by atoms with Gasteiger partial charge in [-0.1, -0.05) is 26.3 Å². The van der Waals surface area contributed by atoms with Gasteiger partial charge >= 0.3 is 0 Å². The van der Waals surface area contributed by atoms with E-state index in [4.69, 9.17) is 5.73 Å². The van der Waals surface area contributed by atoms with E-state index >= 15 is 0 Å². The Morgan fingerprint density at radius 2 is 2.07 bits per heavy atom. The molecule has 14 heavy (non-hydrogen) atoms. The highest BCUT2D eigenvalue weighted by Gasteiger charge is 2.15. The molecule has 0 saturated heterocycles. The number of rotatable bonds is 3. The lowest BCUT2D eigenvalue weighted by Crippen LogP contribution is -2.19. The zero-order valence-electron chi connectivity index (χ0n) is 9.05. The standard InChI is InChI=1S/C12H18FN/c1-4-8(2)12(14)11-6-5-10(13)7-9(11)3/h5-8,12H,4,14H2,1-3H3/t8?,12-/m0/s1. The van der Waals surface area contributed by atoms with Crippen LogP contribution in [0.4, 0.5) is 4.39 Å². The first-order valence-corrected chi connectivity index (χ1v) is 5.08. The highest BCUT2D eigenvalue weighted by Crippen LogP contribution is 2.24. The molecule has 0 spiro atoms. The average molecular weight is 195 g/mol. The molecule has 1 aromatic rings. The zero-order valence-corrected chi connectivity index (χ0v) is 9.05. The molecular weight excluding hydrogens is 177 g/mol. The summed E-state index contributed by atoms with van der Waals surface area (Å²) >= 11 is 0. The summed E-state index contributed by atoms with van der Waals surface area (Å²) in [6.45, 7) is 6.14. The van der Waals surface area contributed by atoms with Crippen LogP contribution in [0.5, 0.6) is 0 Å². The molecule has 1 nitrogen and oxygen atoms in total.